The number of para-hydroxylation sites is 1. The van der Waals surface area contributed by atoms with E-state index in [0.29, 0.717) is 17.1 Å². The topological polar surface area (TPSA) is 75.7 Å². The van der Waals surface area contributed by atoms with Crippen LogP contribution in [0.2, 0.25) is 0 Å². The number of aromatic nitrogens is 1. The molecule has 2 N–H and O–H groups in total. The Morgan fingerprint density at radius 2 is 2.04 bits per heavy atom. The van der Waals surface area contributed by atoms with Crippen LogP contribution in [0, 0.1) is 0 Å². The molecule has 0 aliphatic carbocycles. The van der Waals surface area contributed by atoms with E-state index in [4.69, 9.17) is 9.47 Å². The molecule has 3 aromatic rings. The molecular weight excluding hydrogens is 294 g/mol. The lowest BCUT2D eigenvalue weighted by atomic mass is 10.2. The van der Waals surface area contributed by atoms with Crippen LogP contribution in [0.15, 0.2) is 53.8 Å². The first-order valence-corrected chi connectivity index (χ1v) is 7.10. The number of hydrazone groups is 1. The average molecular weight is 307 g/mol. The van der Waals surface area contributed by atoms with Gasteiger partial charge in [0.25, 0.3) is 5.91 Å². The standard InChI is InChI=1S/C17H13N3O3/c21-17(13-9-18-14-4-2-1-3-12(13)14)20-19-8-11-5-6-15-16(7-11)23-10-22-15/h1-9,18H,10H2,(H,20,21)/b19-8-. The highest BCUT2D eigenvalue weighted by atomic mass is 16.7. The smallest absolute Gasteiger partial charge is 0.273 e. The molecule has 23 heavy (non-hydrogen) atoms. The van der Waals surface area contributed by atoms with E-state index in [-0.39, 0.29) is 12.7 Å². The van der Waals surface area contributed by atoms with Crippen molar-refractivity contribution in [1.82, 2.24) is 10.4 Å². The first-order chi connectivity index (χ1) is 11.3. The molecule has 0 spiro atoms. The van der Waals surface area contributed by atoms with Gasteiger partial charge in [0.15, 0.2) is 11.5 Å². The number of carbonyl (C=O) groups excluding carboxylic acids is 1. The first-order valence-electron chi connectivity index (χ1n) is 7.10. The van der Waals surface area contributed by atoms with Crippen LogP contribution in [-0.2, 0) is 0 Å². The van der Waals surface area contributed by atoms with Gasteiger partial charge in [-0.15, -0.1) is 0 Å². The molecule has 1 aliphatic rings. The number of hydrogen-bond acceptors (Lipinski definition) is 4. The summed E-state index contributed by atoms with van der Waals surface area (Å²) in [5, 5.41) is 4.86. The zero-order chi connectivity index (χ0) is 15.6. The second-order valence-electron chi connectivity index (χ2n) is 5.06. The fourth-order valence-corrected chi connectivity index (χ4v) is 2.48. The molecule has 0 unspecified atom stereocenters. The number of ether oxygens (including phenoxy) is 2. The predicted octanol–water partition coefficient (Wildman–Crippen LogP) is 2.66. The molecule has 0 saturated carbocycles. The lowest BCUT2D eigenvalue weighted by molar-refractivity contribution is 0.0957. The molecule has 0 radical (unpaired) electrons. The number of nitrogens with zero attached hydrogens (tertiary/aromatic N) is 1. The van der Waals surface area contributed by atoms with Crippen molar-refractivity contribution >= 4 is 23.0 Å². The number of fused-ring (bicyclic) bond motifs is 2. The summed E-state index contributed by atoms with van der Waals surface area (Å²) in [4.78, 5) is 15.3. The largest absolute Gasteiger partial charge is 0.454 e. The Morgan fingerprint density at radius 3 is 3.00 bits per heavy atom. The van der Waals surface area contributed by atoms with Crippen LogP contribution < -0.4 is 14.9 Å². The van der Waals surface area contributed by atoms with Gasteiger partial charge in [0.05, 0.1) is 11.8 Å². The molecule has 6 heteroatoms. The Hall–Kier alpha value is -3.28. The second-order valence-corrected chi connectivity index (χ2v) is 5.06. The summed E-state index contributed by atoms with van der Waals surface area (Å²) in [5.41, 5.74) is 4.82. The maximum atomic E-state index is 12.2. The van der Waals surface area contributed by atoms with Gasteiger partial charge < -0.3 is 14.5 Å². The highest BCUT2D eigenvalue weighted by Gasteiger charge is 2.13. The van der Waals surface area contributed by atoms with Crippen LogP contribution in [0.5, 0.6) is 11.5 Å². The molecular formula is C17H13N3O3. The van der Waals surface area contributed by atoms with Gasteiger partial charge in [0, 0.05) is 17.1 Å². The number of carbonyl (C=O) groups is 1. The van der Waals surface area contributed by atoms with Crippen LogP contribution in [0.4, 0.5) is 0 Å². The molecule has 0 atom stereocenters. The first kappa shape index (κ1) is 13.4. The van der Waals surface area contributed by atoms with Gasteiger partial charge in [-0.2, -0.15) is 5.10 Å². The SMILES string of the molecule is O=C(N/N=C\c1ccc2c(c1)OCO2)c1c[nH]c2ccccc12. The summed E-state index contributed by atoms with van der Waals surface area (Å²) in [7, 11) is 0. The number of H-pyrrole nitrogens is 1. The van der Waals surface area contributed by atoms with Gasteiger partial charge >= 0.3 is 0 Å². The summed E-state index contributed by atoms with van der Waals surface area (Å²) in [6, 6.07) is 13.1. The maximum absolute atomic E-state index is 12.2. The van der Waals surface area contributed by atoms with Gasteiger partial charge in [0.1, 0.15) is 0 Å². The summed E-state index contributed by atoms with van der Waals surface area (Å²) in [6.07, 6.45) is 3.24. The van der Waals surface area contributed by atoms with Crippen molar-refractivity contribution in [3.8, 4) is 11.5 Å². The van der Waals surface area contributed by atoms with Crippen molar-refractivity contribution in [2.24, 2.45) is 5.10 Å². The summed E-state index contributed by atoms with van der Waals surface area (Å²) in [6.45, 7) is 0.229. The Labute approximate surface area is 131 Å². The van der Waals surface area contributed by atoms with Crippen LogP contribution >= 0.6 is 0 Å². The van der Waals surface area contributed by atoms with Crippen LogP contribution in [0.25, 0.3) is 10.9 Å². The zero-order valence-electron chi connectivity index (χ0n) is 12.1. The van der Waals surface area contributed by atoms with Gasteiger partial charge in [-0.25, -0.2) is 5.43 Å². The number of nitrogens with one attached hydrogen (secondary N) is 2. The van der Waals surface area contributed by atoms with E-state index in [1.165, 1.54) is 0 Å². The highest BCUT2D eigenvalue weighted by molar-refractivity contribution is 6.06. The minimum Gasteiger partial charge on any atom is -0.454 e. The maximum Gasteiger partial charge on any atom is 0.273 e. The molecule has 0 saturated heterocycles. The van der Waals surface area contributed by atoms with E-state index in [2.05, 4.69) is 15.5 Å². The summed E-state index contributed by atoms with van der Waals surface area (Å²) >= 11 is 0. The van der Waals surface area contributed by atoms with Crippen molar-refractivity contribution < 1.29 is 14.3 Å². The molecule has 6 nitrogen and oxygen atoms in total. The molecule has 114 valence electrons. The number of amides is 1. The average Bonchev–Trinajstić information content (AvgIpc) is 3.21. The Balaban J connectivity index is 1.49. The van der Waals surface area contributed by atoms with Crippen molar-refractivity contribution in [1.29, 1.82) is 0 Å². The lowest BCUT2D eigenvalue weighted by Gasteiger charge is -1.99. The third kappa shape index (κ3) is 2.50. The zero-order valence-corrected chi connectivity index (χ0v) is 12.1. The number of aromatic amines is 1. The monoisotopic (exact) mass is 307 g/mol. The van der Waals surface area contributed by atoms with E-state index in [1.807, 2.05) is 42.5 Å². The molecule has 4 rings (SSSR count). The molecule has 0 bridgehead atoms. The molecule has 1 aliphatic heterocycles. The number of benzene rings is 2. The quantitative estimate of drug-likeness (QED) is 0.577. The summed E-state index contributed by atoms with van der Waals surface area (Å²) < 4.78 is 10.5. The fourth-order valence-electron chi connectivity index (χ4n) is 2.48. The molecule has 0 fully saturated rings. The fraction of sp³-hybridized carbons (Fsp3) is 0.0588. The minimum atomic E-state index is -0.264. The third-order valence-corrected chi connectivity index (χ3v) is 3.61. The van der Waals surface area contributed by atoms with Crippen LogP contribution in [0.3, 0.4) is 0 Å². The minimum absolute atomic E-state index is 0.229. The van der Waals surface area contributed by atoms with E-state index >= 15 is 0 Å². The van der Waals surface area contributed by atoms with Gasteiger partial charge in [-0.1, -0.05) is 18.2 Å². The van der Waals surface area contributed by atoms with E-state index in [9.17, 15) is 4.79 Å². The third-order valence-electron chi connectivity index (χ3n) is 3.61. The second kappa shape index (κ2) is 5.49. The molecule has 2 heterocycles. The molecule has 1 aromatic heterocycles. The van der Waals surface area contributed by atoms with Crippen molar-refractivity contribution in [3.63, 3.8) is 0 Å². The van der Waals surface area contributed by atoms with Gasteiger partial charge in [0.2, 0.25) is 6.79 Å². The van der Waals surface area contributed by atoms with Gasteiger partial charge in [-0.3, -0.25) is 4.79 Å². The Bertz CT molecular complexity index is 914. The number of hydrogen-bond donors (Lipinski definition) is 2. The predicted molar refractivity (Wildman–Crippen MR) is 85.9 cm³/mol. The van der Waals surface area contributed by atoms with Crippen molar-refractivity contribution in [2.75, 3.05) is 6.79 Å². The van der Waals surface area contributed by atoms with E-state index in [1.54, 1.807) is 12.4 Å². The van der Waals surface area contributed by atoms with Crippen molar-refractivity contribution in [3.05, 3.63) is 59.8 Å². The number of rotatable bonds is 3. The molecule has 2 aromatic carbocycles. The van der Waals surface area contributed by atoms with Crippen LogP contribution in [0.1, 0.15) is 15.9 Å². The Morgan fingerprint density at radius 1 is 1.17 bits per heavy atom. The van der Waals surface area contributed by atoms with Crippen molar-refractivity contribution in [2.45, 2.75) is 0 Å². The summed E-state index contributed by atoms with van der Waals surface area (Å²) in [5.74, 6) is 1.13. The van der Waals surface area contributed by atoms with Crippen LogP contribution in [-0.4, -0.2) is 23.9 Å². The normalized spacial score (nSPS) is 12.9. The highest BCUT2D eigenvalue weighted by Crippen LogP contribution is 2.31. The van der Waals surface area contributed by atoms with E-state index < -0.39 is 0 Å². The molecule has 1 amide bonds. The van der Waals surface area contributed by atoms with Gasteiger partial charge in [-0.05, 0) is 29.8 Å². The van der Waals surface area contributed by atoms with E-state index in [0.717, 1.165) is 16.5 Å². The Kier molecular flexibility index (Phi) is 3.20. The lowest BCUT2D eigenvalue weighted by Crippen LogP contribution is -2.17.